The summed E-state index contributed by atoms with van der Waals surface area (Å²) in [5.41, 5.74) is 2.87. The smallest absolute Gasteiger partial charge is 0.161 e. The maximum Gasteiger partial charge on any atom is 0.161 e. The van der Waals surface area contributed by atoms with E-state index in [1.54, 1.807) is 26.4 Å². The monoisotopic (exact) mass is 344 g/mol. The minimum Gasteiger partial charge on any atom is -0.493 e. The van der Waals surface area contributed by atoms with E-state index in [0.29, 0.717) is 31.0 Å². The molecular weight excluding hydrogens is 323 g/mol. The Morgan fingerprint density at radius 3 is 2.60 bits per heavy atom. The van der Waals surface area contributed by atoms with E-state index in [1.807, 2.05) is 18.2 Å². The van der Waals surface area contributed by atoms with Crippen LogP contribution in [0.3, 0.4) is 0 Å². The van der Waals surface area contributed by atoms with Crippen LogP contribution in [0, 0.1) is 5.82 Å². The van der Waals surface area contributed by atoms with E-state index in [-0.39, 0.29) is 11.9 Å². The molecule has 1 aliphatic heterocycles. The van der Waals surface area contributed by atoms with Crippen LogP contribution in [-0.2, 0) is 11.4 Å². The van der Waals surface area contributed by atoms with Crippen molar-refractivity contribution in [2.24, 2.45) is 5.16 Å². The van der Waals surface area contributed by atoms with Crippen LogP contribution in [0.5, 0.6) is 11.5 Å². The van der Waals surface area contributed by atoms with Gasteiger partial charge in [0.05, 0.1) is 19.9 Å². The molecule has 132 valence electrons. The van der Waals surface area contributed by atoms with Crippen LogP contribution in [0.4, 0.5) is 4.39 Å². The van der Waals surface area contributed by atoms with Crippen molar-refractivity contribution in [1.29, 1.82) is 0 Å². The van der Waals surface area contributed by atoms with Crippen LogP contribution in [0.25, 0.3) is 0 Å². The van der Waals surface area contributed by atoms with Gasteiger partial charge >= 0.3 is 0 Å². The molecule has 3 rings (SSSR count). The first-order chi connectivity index (χ1) is 12.2. The maximum absolute atomic E-state index is 12.9. The molecule has 0 aliphatic carbocycles. The molecule has 1 N–H and O–H groups in total. The van der Waals surface area contributed by atoms with Crippen LogP contribution in [0.1, 0.15) is 17.5 Å². The Bertz CT molecular complexity index is 747. The summed E-state index contributed by atoms with van der Waals surface area (Å²) in [5, 5.41) is 7.50. The summed E-state index contributed by atoms with van der Waals surface area (Å²) in [6.07, 6.45) is 0.690. The van der Waals surface area contributed by atoms with Gasteiger partial charge in [0, 0.05) is 25.1 Å². The second-order valence-electron chi connectivity index (χ2n) is 5.80. The van der Waals surface area contributed by atoms with Gasteiger partial charge in [-0.2, -0.15) is 0 Å². The summed E-state index contributed by atoms with van der Waals surface area (Å²) in [4.78, 5) is 5.50. The number of nitrogens with one attached hydrogen (secondary N) is 1. The minimum absolute atomic E-state index is 0.0245. The van der Waals surface area contributed by atoms with E-state index in [9.17, 15) is 4.39 Å². The molecule has 0 saturated carbocycles. The third-order valence-electron chi connectivity index (χ3n) is 4.06. The first kappa shape index (κ1) is 17.2. The minimum atomic E-state index is -0.226. The number of nitrogens with zero attached hydrogens (tertiary/aromatic N) is 1. The fourth-order valence-corrected chi connectivity index (χ4v) is 2.70. The molecule has 1 aliphatic rings. The van der Waals surface area contributed by atoms with Gasteiger partial charge in [-0.1, -0.05) is 17.3 Å². The van der Waals surface area contributed by atoms with Gasteiger partial charge in [-0.05, 0) is 35.9 Å². The van der Waals surface area contributed by atoms with Crippen LogP contribution in [0.2, 0.25) is 0 Å². The number of rotatable bonds is 7. The SMILES string of the molecule is COc1ccc(C2=NO[C@@H](CNCc3ccc(F)cc3)C2)cc1OC. The van der Waals surface area contributed by atoms with E-state index in [0.717, 1.165) is 16.8 Å². The summed E-state index contributed by atoms with van der Waals surface area (Å²) in [7, 11) is 3.22. The molecule has 2 aromatic carbocycles. The van der Waals surface area contributed by atoms with Crippen molar-refractivity contribution in [3.63, 3.8) is 0 Å². The van der Waals surface area contributed by atoms with E-state index in [4.69, 9.17) is 14.3 Å². The van der Waals surface area contributed by atoms with Crippen molar-refractivity contribution in [2.75, 3.05) is 20.8 Å². The topological polar surface area (TPSA) is 52.1 Å². The van der Waals surface area contributed by atoms with Crippen molar-refractivity contribution in [1.82, 2.24) is 5.32 Å². The Morgan fingerprint density at radius 2 is 1.88 bits per heavy atom. The lowest BCUT2D eigenvalue weighted by Gasteiger charge is -2.10. The number of ether oxygens (including phenoxy) is 2. The summed E-state index contributed by atoms with van der Waals surface area (Å²) in [6, 6.07) is 12.2. The molecule has 0 aromatic heterocycles. The Morgan fingerprint density at radius 1 is 1.12 bits per heavy atom. The van der Waals surface area contributed by atoms with Gasteiger partial charge in [-0.15, -0.1) is 0 Å². The number of methoxy groups -OCH3 is 2. The number of oxime groups is 1. The predicted octanol–water partition coefficient (Wildman–Crippen LogP) is 3.13. The highest BCUT2D eigenvalue weighted by Gasteiger charge is 2.22. The highest BCUT2D eigenvalue weighted by atomic mass is 19.1. The third kappa shape index (κ3) is 4.28. The number of hydrogen-bond acceptors (Lipinski definition) is 5. The lowest BCUT2D eigenvalue weighted by atomic mass is 10.0. The van der Waals surface area contributed by atoms with Gasteiger partial charge < -0.3 is 19.6 Å². The molecule has 0 saturated heterocycles. The third-order valence-corrected chi connectivity index (χ3v) is 4.06. The molecular formula is C19H21FN2O3. The van der Waals surface area contributed by atoms with Crippen LogP contribution in [0.15, 0.2) is 47.6 Å². The number of hydrogen-bond donors (Lipinski definition) is 1. The zero-order chi connectivity index (χ0) is 17.6. The first-order valence-electron chi connectivity index (χ1n) is 8.10. The zero-order valence-corrected chi connectivity index (χ0v) is 14.3. The van der Waals surface area contributed by atoms with E-state index < -0.39 is 0 Å². The Balaban J connectivity index is 1.52. The molecule has 25 heavy (non-hydrogen) atoms. The highest BCUT2D eigenvalue weighted by Crippen LogP contribution is 2.29. The molecule has 2 aromatic rings. The molecule has 0 amide bonds. The molecule has 5 nitrogen and oxygen atoms in total. The van der Waals surface area contributed by atoms with E-state index in [1.165, 1.54) is 12.1 Å². The average molecular weight is 344 g/mol. The number of benzene rings is 2. The van der Waals surface area contributed by atoms with Gasteiger partial charge in [0.1, 0.15) is 11.9 Å². The summed E-state index contributed by atoms with van der Waals surface area (Å²) in [5.74, 6) is 1.12. The Labute approximate surface area is 146 Å². The Kier molecular flexibility index (Phi) is 5.50. The largest absolute Gasteiger partial charge is 0.493 e. The lowest BCUT2D eigenvalue weighted by molar-refractivity contribution is 0.0848. The molecule has 1 heterocycles. The molecule has 0 bridgehead atoms. The van der Waals surface area contributed by atoms with Crippen molar-refractivity contribution in [2.45, 2.75) is 19.1 Å². The van der Waals surface area contributed by atoms with Crippen molar-refractivity contribution < 1.29 is 18.7 Å². The van der Waals surface area contributed by atoms with Gasteiger partial charge in [-0.3, -0.25) is 0 Å². The van der Waals surface area contributed by atoms with Gasteiger partial charge in [0.15, 0.2) is 11.5 Å². The van der Waals surface area contributed by atoms with Gasteiger partial charge in [0.2, 0.25) is 0 Å². The molecule has 0 radical (unpaired) electrons. The van der Waals surface area contributed by atoms with Crippen LogP contribution < -0.4 is 14.8 Å². The summed E-state index contributed by atoms with van der Waals surface area (Å²) in [6.45, 7) is 1.32. The van der Waals surface area contributed by atoms with Gasteiger partial charge in [-0.25, -0.2) is 4.39 Å². The number of halogens is 1. The second kappa shape index (κ2) is 7.98. The van der Waals surface area contributed by atoms with Crippen LogP contribution in [-0.4, -0.2) is 32.6 Å². The molecule has 0 unspecified atom stereocenters. The molecule has 0 spiro atoms. The summed E-state index contributed by atoms with van der Waals surface area (Å²) >= 11 is 0. The molecule has 6 heteroatoms. The first-order valence-corrected chi connectivity index (χ1v) is 8.10. The van der Waals surface area contributed by atoms with Crippen molar-refractivity contribution in [3.8, 4) is 11.5 Å². The maximum atomic E-state index is 12.9. The zero-order valence-electron chi connectivity index (χ0n) is 14.3. The van der Waals surface area contributed by atoms with E-state index >= 15 is 0 Å². The quantitative estimate of drug-likeness (QED) is 0.838. The fourth-order valence-electron chi connectivity index (χ4n) is 2.70. The van der Waals surface area contributed by atoms with Crippen molar-refractivity contribution >= 4 is 5.71 Å². The highest BCUT2D eigenvalue weighted by molar-refractivity contribution is 6.01. The van der Waals surface area contributed by atoms with Crippen LogP contribution >= 0.6 is 0 Å². The predicted molar refractivity (Wildman–Crippen MR) is 93.7 cm³/mol. The standard InChI is InChI=1S/C19H21FN2O3/c1-23-18-8-5-14(9-19(18)24-2)17-10-16(25-22-17)12-21-11-13-3-6-15(20)7-4-13/h3-9,16,21H,10-12H2,1-2H3/t16-/m1/s1. The second-order valence-corrected chi connectivity index (χ2v) is 5.80. The summed E-state index contributed by atoms with van der Waals surface area (Å²) < 4.78 is 23.5. The molecule has 0 fully saturated rings. The molecule has 1 atom stereocenters. The van der Waals surface area contributed by atoms with E-state index in [2.05, 4.69) is 10.5 Å². The van der Waals surface area contributed by atoms with Gasteiger partial charge in [0.25, 0.3) is 0 Å². The lowest BCUT2D eigenvalue weighted by Crippen LogP contribution is -2.26. The fraction of sp³-hybridized carbons (Fsp3) is 0.316. The average Bonchev–Trinajstić information content (AvgIpc) is 3.11. The Hall–Kier alpha value is -2.60. The normalized spacial score (nSPS) is 16.3. The van der Waals surface area contributed by atoms with Crippen molar-refractivity contribution in [3.05, 3.63) is 59.4 Å².